The predicted octanol–water partition coefficient (Wildman–Crippen LogP) is 1.60. The van der Waals surface area contributed by atoms with Crippen molar-refractivity contribution in [1.29, 1.82) is 0 Å². The van der Waals surface area contributed by atoms with Gasteiger partial charge in [0.05, 0.1) is 45.3 Å². The summed E-state index contributed by atoms with van der Waals surface area (Å²) in [5.41, 5.74) is 1.62. The minimum atomic E-state index is -0.962. The fourth-order valence-corrected chi connectivity index (χ4v) is 5.10. The highest BCUT2D eigenvalue weighted by Gasteiger charge is 2.45. The summed E-state index contributed by atoms with van der Waals surface area (Å²) >= 11 is 0. The van der Waals surface area contributed by atoms with Crippen LogP contribution in [0.25, 0.3) is 11.4 Å². The molecule has 1 saturated heterocycles. The lowest BCUT2D eigenvalue weighted by molar-refractivity contribution is -0.695. The molecule has 4 heterocycles. The van der Waals surface area contributed by atoms with Gasteiger partial charge in [-0.2, -0.15) is 0 Å². The van der Waals surface area contributed by atoms with Gasteiger partial charge in [-0.25, -0.2) is 9.55 Å². The van der Waals surface area contributed by atoms with Crippen LogP contribution in [0.4, 0.5) is 0 Å². The molecule has 1 N–H and O–H groups in total. The molecule has 0 bridgehead atoms. The Bertz CT molecular complexity index is 1550. The van der Waals surface area contributed by atoms with E-state index in [1.54, 1.807) is 48.0 Å². The van der Waals surface area contributed by atoms with E-state index in [1.165, 1.54) is 26.2 Å². The lowest BCUT2D eigenvalue weighted by atomic mass is 9.95. The van der Waals surface area contributed by atoms with Crippen molar-refractivity contribution in [3.8, 4) is 17.2 Å². The predicted molar refractivity (Wildman–Crippen MR) is 138 cm³/mol. The van der Waals surface area contributed by atoms with Gasteiger partial charge in [0, 0.05) is 24.7 Å². The zero-order valence-corrected chi connectivity index (χ0v) is 22.1. The number of aryl methyl sites for hydroxylation is 2. The standard InChI is InChI=1S/C28H29N5O6/c1-17-23(32-11-6-5-8-21(32)30-17)25(34)22-24(18-14-19(37-2)27(39-4)20(15-18)38-3)33(28(36)26(22)35)12-7-10-31-13-9-29-16-31/h5-6,8-9,11,13-16,24H,7,10,12H2,1-4H3,(H,34,35). The van der Waals surface area contributed by atoms with Gasteiger partial charge in [0.1, 0.15) is 18.0 Å². The number of amides is 1. The quantitative estimate of drug-likeness (QED) is 0.151. The van der Waals surface area contributed by atoms with Crippen molar-refractivity contribution in [3.05, 3.63) is 77.8 Å². The molecule has 1 aromatic carbocycles. The molecule has 11 nitrogen and oxygen atoms in total. The number of ketones is 1. The maximum absolute atomic E-state index is 14.1. The Morgan fingerprint density at radius 3 is 2.51 bits per heavy atom. The number of pyridine rings is 1. The molecule has 0 radical (unpaired) electrons. The van der Waals surface area contributed by atoms with Crippen LogP contribution in [0.2, 0.25) is 0 Å². The van der Waals surface area contributed by atoms with Gasteiger partial charge in [0.15, 0.2) is 11.5 Å². The summed E-state index contributed by atoms with van der Waals surface area (Å²) in [6.45, 7) is 2.56. The largest absolute Gasteiger partial charge is 0.871 e. The normalized spacial score (nSPS) is 16.7. The molecule has 0 saturated carbocycles. The molecule has 1 aliphatic rings. The number of H-pyrrole nitrogens is 1. The number of imidazole rings is 2. The van der Waals surface area contributed by atoms with Gasteiger partial charge < -0.3 is 28.6 Å². The number of nitrogens with zero attached hydrogens (tertiary/aromatic N) is 4. The average Bonchev–Trinajstić information content (AvgIpc) is 3.64. The van der Waals surface area contributed by atoms with Crippen LogP contribution in [0.1, 0.15) is 29.4 Å². The second kappa shape index (κ2) is 10.5. The third kappa shape index (κ3) is 4.45. The van der Waals surface area contributed by atoms with Crippen LogP contribution in [0.5, 0.6) is 17.2 Å². The first-order valence-corrected chi connectivity index (χ1v) is 12.4. The Labute approximate surface area is 224 Å². The molecule has 3 aromatic heterocycles. The van der Waals surface area contributed by atoms with Gasteiger partial charge in [-0.15, -0.1) is 0 Å². The third-order valence-corrected chi connectivity index (χ3v) is 6.87. The number of fused-ring (bicyclic) bond motifs is 1. The monoisotopic (exact) mass is 531 g/mol. The number of ether oxygens (including phenoxy) is 3. The first-order valence-electron chi connectivity index (χ1n) is 12.4. The molecular weight excluding hydrogens is 502 g/mol. The van der Waals surface area contributed by atoms with E-state index in [0.717, 1.165) is 0 Å². The molecular formula is C28H29N5O6. The molecule has 1 amide bonds. The number of likely N-dealkylation sites (tertiary alicyclic amines) is 1. The van der Waals surface area contributed by atoms with Crippen LogP contribution in [0, 0.1) is 6.92 Å². The van der Waals surface area contributed by atoms with Gasteiger partial charge in [-0.1, -0.05) is 11.8 Å². The number of hydrogen-bond donors (Lipinski definition) is 1. The molecule has 0 spiro atoms. The van der Waals surface area contributed by atoms with Gasteiger partial charge in [-0.3, -0.25) is 14.6 Å². The second-order valence-corrected chi connectivity index (χ2v) is 9.11. The van der Waals surface area contributed by atoms with E-state index < -0.39 is 23.5 Å². The van der Waals surface area contributed by atoms with Crippen LogP contribution < -0.4 is 23.9 Å². The van der Waals surface area contributed by atoms with Gasteiger partial charge >= 0.3 is 0 Å². The number of rotatable bonds is 9. The second-order valence-electron chi connectivity index (χ2n) is 9.11. The maximum atomic E-state index is 14.1. The highest BCUT2D eigenvalue weighted by Crippen LogP contribution is 2.45. The molecule has 4 aromatic rings. The lowest BCUT2D eigenvalue weighted by Crippen LogP contribution is -2.36. The highest BCUT2D eigenvalue weighted by atomic mass is 16.5. The first-order chi connectivity index (χ1) is 18.9. The minimum Gasteiger partial charge on any atom is -0.871 e. The first kappa shape index (κ1) is 25.8. The summed E-state index contributed by atoms with van der Waals surface area (Å²) in [5, 5.41) is 14.1. The van der Waals surface area contributed by atoms with Crippen LogP contribution in [0.3, 0.4) is 0 Å². The van der Waals surface area contributed by atoms with Crippen LogP contribution in [-0.4, -0.2) is 58.8 Å². The Morgan fingerprint density at radius 1 is 1.13 bits per heavy atom. The van der Waals surface area contributed by atoms with Crippen molar-refractivity contribution in [2.45, 2.75) is 25.9 Å². The minimum absolute atomic E-state index is 0.141. The summed E-state index contributed by atoms with van der Waals surface area (Å²) < 4.78 is 20.1. The SMILES string of the molecule is COc1cc(C2C(=C([O-])c3c(C)nc4ccccn34)C(=O)C(=O)N2CCC[n+]2cc[nH]c2)cc(OC)c1OC. The van der Waals surface area contributed by atoms with Gasteiger partial charge in [-0.05, 0) is 36.8 Å². The van der Waals surface area contributed by atoms with Gasteiger partial charge in [0.25, 0.3) is 5.91 Å². The van der Waals surface area contributed by atoms with E-state index in [4.69, 9.17) is 14.2 Å². The molecule has 1 aliphatic heterocycles. The topological polar surface area (TPSA) is 125 Å². The number of benzene rings is 1. The zero-order valence-electron chi connectivity index (χ0n) is 22.1. The Kier molecular flexibility index (Phi) is 6.97. The number of methoxy groups -OCH3 is 3. The van der Waals surface area contributed by atoms with Gasteiger partial charge in [0.2, 0.25) is 17.9 Å². The summed E-state index contributed by atoms with van der Waals surface area (Å²) in [7, 11) is 4.45. The fourth-order valence-electron chi connectivity index (χ4n) is 5.10. The van der Waals surface area contributed by atoms with E-state index >= 15 is 0 Å². The number of nitrogens with one attached hydrogen (secondary N) is 1. The molecule has 1 fully saturated rings. The number of Topliss-reactive ketones (excluding diaryl/α,β-unsaturated/α-hetero) is 1. The van der Waals surface area contributed by atoms with Crippen molar-refractivity contribution in [2.75, 3.05) is 27.9 Å². The Morgan fingerprint density at radius 2 is 1.87 bits per heavy atom. The van der Waals surface area contributed by atoms with Crippen molar-refractivity contribution in [3.63, 3.8) is 0 Å². The number of carbonyl (C=O) groups excluding carboxylic acids is 2. The van der Waals surface area contributed by atoms with E-state index in [9.17, 15) is 14.7 Å². The summed E-state index contributed by atoms with van der Waals surface area (Å²) in [4.78, 5) is 35.9. The fraction of sp³-hybridized carbons (Fsp3) is 0.286. The van der Waals surface area contributed by atoms with E-state index in [2.05, 4.69) is 9.97 Å². The summed E-state index contributed by atoms with van der Waals surface area (Å²) in [5.74, 6) is -1.06. The Balaban J connectivity index is 1.68. The number of carbonyl (C=O) groups is 2. The van der Waals surface area contributed by atoms with Crippen molar-refractivity contribution in [1.82, 2.24) is 19.3 Å². The molecule has 5 rings (SSSR count). The van der Waals surface area contributed by atoms with Crippen molar-refractivity contribution >= 4 is 23.1 Å². The lowest BCUT2D eigenvalue weighted by Gasteiger charge is -2.28. The zero-order chi connectivity index (χ0) is 27.7. The molecule has 11 heteroatoms. The van der Waals surface area contributed by atoms with Crippen LogP contribution in [0.15, 0.2) is 60.8 Å². The molecule has 1 unspecified atom stereocenters. The highest BCUT2D eigenvalue weighted by molar-refractivity contribution is 6.46. The van der Waals surface area contributed by atoms with E-state index in [1.807, 2.05) is 23.2 Å². The Hall–Kier alpha value is -4.80. The van der Waals surface area contributed by atoms with E-state index in [-0.39, 0.29) is 17.8 Å². The number of aromatic nitrogens is 4. The van der Waals surface area contributed by atoms with Crippen LogP contribution >= 0.6 is 0 Å². The summed E-state index contributed by atoms with van der Waals surface area (Å²) in [6.07, 6.45) is 7.75. The number of hydrogen-bond acceptors (Lipinski definition) is 7. The number of aromatic amines is 1. The summed E-state index contributed by atoms with van der Waals surface area (Å²) in [6, 6.07) is 7.74. The third-order valence-electron chi connectivity index (χ3n) is 6.87. The molecule has 0 aliphatic carbocycles. The molecule has 1 atom stereocenters. The van der Waals surface area contributed by atoms with Crippen molar-refractivity contribution < 1.29 is 33.5 Å². The average molecular weight is 532 g/mol. The molecule has 202 valence electrons. The van der Waals surface area contributed by atoms with E-state index in [0.29, 0.717) is 47.1 Å². The molecule has 39 heavy (non-hydrogen) atoms. The smallest absolute Gasteiger partial charge is 0.295 e. The van der Waals surface area contributed by atoms with Crippen molar-refractivity contribution in [2.24, 2.45) is 0 Å². The van der Waals surface area contributed by atoms with Crippen LogP contribution in [-0.2, 0) is 16.1 Å². The maximum Gasteiger partial charge on any atom is 0.295 e.